The average molecular weight is 319 g/mol. The largest absolute Gasteiger partial charge is 0.326 e. The number of hydrogen-bond acceptors (Lipinski definition) is 2. The van der Waals surface area contributed by atoms with Gasteiger partial charge in [0.05, 0.1) is 5.69 Å². The van der Waals surface area contributed by atoms with E-state index in [0.717, 1.165) is 36.3 Å². The molecule has 0 saturated carbocycles. The number of carbonyl (C=O) groups excluding carboxylic acids is 1. The lowest BCUT2D eigenvalue weighted by atomic mass is 9.89. The fourth-order valence-electron chi connectivity index (χ4n) is 3.41. The number of amides is 1. The van der Waals surface area contributed by atoms with E-state index < -0.39 is 0 Å². The molecular formula is C20H21N3O. The van der Waals surface area contributed by atoms with Crippen molar-refractivity contribution in [1.29, 1.82) is 0 Å². The Morgan fingerprint density at radius 3 is 2.75 bits per heavy atom. The van der Waals surface area contributed by atoms with Gasteiger partial charge in [-0.15, -0.1) is 0 Å². The minimum absolute atomic E-state index is 0.00000567. The Labute approximate surface area is 141 Å². The third-order valence-electron chi connectivity index (χ3n) is 4.82. The maximum absolute atomic E-state index is 12.6. The Kier molecular flexibility index (Phi) is 3.60. The number of imidazole rings is 1. The van der Waals surface area contributed by atoms with E-state index in [0.29, 0.717) is 0 Å². The monoisotopic (exact) mass is 319 g/mol. The molecule has 3 aromatic rings. The maximum Gasteiger partial charge on any atom is 0.227 e. The number of carbonyl (C=O) groups is 1. The second kappa shape index (κ2) is 5.78. The van der Waals surface area contributed by atoms with Gasteiger partial charge < -0.3 is 9.72 Å². The van der Waals surface area contributed by atoms with E-state index in [4.69, 9.17) is 4.98 Å². The summed E-state index contributed by atoms with van der Waals surface area (Å²) in [6.45, 7) is 4.12. The van der Waals surface area contributed by atoms with Crippen LogP contribution in [0.1, 0.15) is 28.9 Å². The number of fused-ring (bicyclic) bond motifs is 3. The number of hydrogen-bond donors (Lipinski definition) is 1. The van der Waals surface area contributed by atoms with E-state index in [1.54, 1.807) is 0 Å². The zero-order valence-corrected chi connectivity index (χ0v) is 14.0. The second-order valence-corrected chi connectivity index (χ2v) is 6.73. The van der Waals surface area contributed by atoms with Crippen molar-refractivity contribution in [2.24, 2.45) is 5.92 Å². The zero-order chi connectivity index (χ0) is 16.7. The topological polar surface area (TPSA) is 46.4 Å². The van der Waals surface area contributed by atoms with Crippen LogP contribution in [-0.4, -0.2) is 15.3 Å². The van der Waals surface area contributed by atoms with Crippen LogP contribution in [0.3, 0.4) is 0 Å². The fourth-order valence-corrected chi connectivity index (χ4v) is 3.41. The van der Waals surface area contributed by atoms with E-state index in [1.807, 2.05) is 31.2 Å². The Morgan fingerprint density at radius 1 is 1.17 bits per heavy atom. The zero-order valence-electron chi connectivity index (χ0n) is 14.0. The van der Waals surface area contributed by atoms with Crippen LogP contribution in [0, 0.1) is 19.8 Å². The molecule has 24 heavy (non-hydrogen) atoms. The Bertz CT molecular complexity index is 909. The summed E-state index contributed by atoms with van der Waals surface area (Å²) in [5, 5.41) is 3.05. The van der Waals surface area contributed by atoms with Crippen molar-refractivity contribution in [3.63, 3.8) is 0 Å². The normalized spacial score (nSPS) is 16.8. The predicted octanol–water partition coefficient (Wildman–Crippen LogP) is 3.69. The first kappa shape index (κ1) is 14.9. The summed E-state index contributed by atoms with van der Waals surface area (Å²) < 4.78 is 2.13. The first-order valence-corrected chi connectivity index (χ1v) is 8.44. The summed E-state index contributed by atoms with van der Waals surface area (Å²) in [5.74, 6) is 0.103. The number of aryl methyl sites for hydroxylation is 3. The van der Waals surface area contributed by atoms with Crippen LogP contribution in [0.25, 0.3) is 5.65 Å². The van der Waals surface area contributed by atoms with Gasteiger partial charge >= 0.3 is 0 Å². The molecule has 2 heterocycles. The molecular weight excluding hydrogens is 298 g/mol. The molecule has 1 aliphatic rings. The van der Waals surface area contributed by atoms with Crippen LogP contribution in [-0.2, 0) is 17.6 Å². The van der Waals surface area contributed by atoms with Gasteiger partial charge in [-0.2, -0.15) is 0 Å². The summed E-state index contributed by atoms with van der Waals surface area (Å²) in [4.78, 5) is 17.4. The SMILES string of the molecule is Cc1ccc(NC(=O)C2CCc3nc4cc(C)ccn4c3C2)cc1. The molecule has 4 heteroatoms. The van der Waals surface area contributed by atoms with Gasteiger partial charge in [0, 0.05) is 29.9 Å². The van der Waals surface area contributed by atoms with Gasteiger partial charge in [0.25, 0.3) is 0 Å². The lowest BCUT2D eigenvalue weighted by Crippen LogP contribution is -2.28. The summed E-state index contributed by atoms with van der Waals surface area (Å²) in [5.41, 5.74) is 6.57. The highest BCUT2D eigenvalue weighted by atomic mass is 16.1. The van der Waals surface area contributed by atoms with E-state index in [9.17, 15) is 4.79 Å². The highest BCUT2D eigenvalue weighted by molar-refractivity contribution is 5.92. The quantitative estimate of drug-likeness (QED) is 0.783. The Hall–Kier alpha value is -2.62. The van der Waals surface area contributed by atoms with Crippen molar-refractivity contribution >= 4 is 17.2 Å². The minimum Gasteiger partial charge on any atom is -0.326 e. The molecule has 0 bridgehead atoms. The van der Waals surface area contributed by atoms with E-state index in [-0.39, 0.29) is 11.8 Å². The lowest BCUT2D eigenvalue weighted by molar-refractivity contribution is -0.120. The summed E-state index contributed by atoms with van der Waals surface area (Å²) in [6, 6.07) is 12.1. The summed E-state index contributed by atoms with van der Waals surface area (Å²) >= 11 is 0. The first-order chi connectivity index (χ1) is 11.6. The molecule has 4 nitrogen and oxygen atoms in total. The van der Waals surface area contributed by atoms with Crippen molar-refractivity contribution < 1.29 is 4.79 Å². The van der Waals surface area contributed by atoms with Gasteiger partial charge in [0.15, 0.2) is 0 Å². The number of aromatic nitrogens is 2. The van der Waals surface area contributed by atoms with Crippen LogP contribution in [0.4, 0.5) is 5.69 Å². The van der Waals surface area contributed by atoms with E-state index in [2.05, 4.69) is 35.0 Å². The maximum atomic E-state index is 12.6. The molecule has 1 unspecified atom stereocenters. The number of benzene rings is 1. The smallest absolute Gasteiger partial charge is 0.227 e. The van der Waals surface area contributed by atoms with Crippen molar-refractivity contribution in [3.05, 3.63) is 65.1 Å². The lowest BCUT2D eigenvalue weighted by Gasteiger charge is -2.21. The van der Waals surface area contributed by atoms with Gasteiger partial charge in [-0.3, -0.25) is 4.79 Å². The highest BCUT2D eigenvalue weighted by Crippen LogP contribution is 2.27. The van der Waals surface area contributed by atoms with Crippen molar-refractivity contribution in [1.82, 2.24) is 9.38 Å². The molecule has 0 aliphatic heterocycles. The standard InChI is InChI=1S/C20H21N3O/c1-13-3-6-16(7-4-13)21-20(24)15-5-8-17-18(12-15)23-10-9-14(2)11-19(23)22-17/h3-4,6-7,9-11,15H,5,8,12H2,1-2H3,(H,21,24). The van der Waals surface area contributed by atoms with Gasteiger partial charge in [-0.05, 0) is 56.5 Å². The summed E-state index contributed by atoms with van der Waals surface area (Å²) in [6.07, 6.45) is 4.53. The molecule has 1 atom stereocenters. The van der Waals surface area contributed by atoms with E-state index >= 15 is 0 Å². The fraction of sp³-hybridized carbons (Fsp3) is 0.300. The van der Waals surface area contributed by atoms with Gasteiger partial charge in [-0.1, -0.05) is 17.7 Å². The van der Waals surface area contributed by atoms with Crippen molar-refractivity contribution in [2.75, 3.05) is 5.32 Å². The Morgan fingerprint density at radius 2 is 1.96 bits per heavy atom. The van der Waals surface area contributed by atoms with Crippen LogP contribution < -0.4 is 5.32 Å². The highest BCUT2D eigenvalue weighted by Gasteiger charge is 2.28. The van der Waals surface area contributed by atoms with Crippen molar-refractivity contribution in [3.8, 4) is 0 Å². The van der Waals surface area contributed by atoms with Crippen LogP contribution in [0.5, 0.6) is 0 Å². The molecule has 0 saturated heterocycles. The van der Waals surface area contributed by atoms with Gasteiger partial charge in [0.2, 0.25) is 5.91 Å². The molecule has 4 rings (SSSR count). The summed E-state index contributed by atoms with van der Waals surface area (Å²) in [7, 11) is 0. The number of rotatable bonds is 2. The molecule has 0 radical (unpaired) electrons. The van der Waals surface area contributed by atoms with Crippen LogP contribution >= 0.6 is 0 Å². The number of anilines is 1. The molecule has 1 aliphatic carbocycles. The van der Waals surface area contributed by atoms with Crippen LogP contribution in [0.15, 0.2) is 42.6 Å². The molecule has 1 N–H and O–H groups in total. The number of nitrogens with zero attached hydrogens (tertiary/aromatic N) is 2. The number of nitrogens with one attached hydrogen (secondary N) is 1. The third kappa shape index (κ3) is 2.68. The minimum atomic E-state index is 0.00000567. The third-order valence-corrected chi connectivity index (χ3v) is 4.82. The van der Waals surface area contributed by atoms with Crippen LogP contribution in [0.2, 0.25) is 0 Å². The predicted molar refractivity (Wildman–Crippen MR) is 95.3 cm³/mol. The van der Waals surface area contributed by atoms with Gasteiger partial charge in [-0.25, -0.2) is 4.98 Å². The molecule has 0 fully saturated rings. The van der Waals surface area contributed by atoms with Gasteiger partial charge in [0.1, 0.15) is 5.65 Å². The number of pyridine rings is 1. The molecule has 1 amide bonds. The van der Waals surface area contributed by atoms with Crippen molar-refractivity contribution in [2.45, 2.75) is 33.1 Å². The molecule has 1 aromatic carbocycles. The molecule has 2 aromatic heterocycles. The molecule has 0 spiro atoms. The molecule has 122 valence electrons. The first-order valence-electron chi connectivity index (χ1n) is 8.44. The second-order valence-electron chi connectivity index (χ2n) is 6.73. The Balaban J connectivity index is 1.56. The van der Waals surface area contributed by atoms with E-state index in [1.165, 1.54) is 16.8 Å². The average Bonchev–Trinajstić information content (AvgIpc) is 2.93.